The van der Waals surface area contributed by atoms with Crippen LogP contribution in [0.4, 0.5) is 0 Å². The third kappa shape index (κ3) is 3.45. The Balaban J connectivity index is 1.63. The molecule has 0 saturated carbocycles. The first-order valence-corrected chi connectivity index (χ1v) is 7.17. The normalized spacial score (nSPS) is 28.4. The van der Waals surface area contributed by atoms with Crippen molar-refractivity contribution in [3.63, 3.8) is 0 Å². The second-order valence-corrected chi connectivity index (χ2v) is 5.98. The summed E-state index contributed by atoms with van der Waals surface area (Å²) in [7, 11) is 0. The highest BCUT2D eigenvalue weighted by Gasteiger charge is 2.36. The van der Waals surface area contributed by atoms with E-state index < -0.39 is 11.4 Å². The van der Waals surface area contributed by atoms with Gasteiger partial charge in [0.1, 0.15) is 0 Å². The molecule has 18 heavy (non-hydrogen) atoms. The average molecular weight is 255 g/mol. The van der Waals surface area contributed by atoms with E-state index in [2.05, 4.69) is 4.90 Å². The van der Waals surface area contributed by atoms with Gasteiger partial charge in [-0.3, -0.25) is 4.79 Å². The maximum atomic E-state index is 11.1. The molecule has 2 rings (SSSR count). The highest BCUT2D eigenvalue weighted by atomic mass is 16.5. The van der Waals surface area contributed by atoms with E-state index in [1.807, 2.05) is 6.92 Å². The molecule has 0 radical (unpaired) electrons. The lowest BCUT2D eigenvalue weighted by molar-refractivity contribution is -0.150. The summed E-state index contributed by atoms with van der Waals surface area (Å²) in [6.07, 6.45) is 6.81. The molecule has 4 heteroatoms. The summed E-state index contributed by atoms with van der Waals surface area (Å²) >= 11 is 0. The summed E-state index contributed by atoms with van der Waals surface area (Å²) in [5.74, 6) is -0.637. The fourth-order valence-corrected chi connectivity index (χ4v) is 2.90. The Kier molecular flexibility index (Phi) is 4.62. The van der Waals surface area contributed by atoms with E-state index in [1.54, 1.807) is 0 Å². The molecule has 4 nitrogen and oxygen atoms in total. The lowest BCUT2D eigenvalue weighted by atomic mass is 9.80. The van der Waals surface area contributed by atoms with E-state index in [0.29, 0.717) is 6.10 Å². The third-order valence-electron chi connectivity index (χ3n) is 4.50. The van der Waals surface area contributed by atoms with E-state index in [1.165, 1.54) is 19.3 Å². The van der Waals surface area contributed by atoms with Crippen molar-refractivity contribution < 1.29 is 14.6 Å². The average Bonchev–Trinajstić information content (AvgIpc) is 2.85. The Morgan fingerprint density at radius 3 is 2.72 bits per heavy atom. The molecule has 0 aliphatic carbocycles. The molecular formula is C14H25NO3. The van der Waals surface area contributed by atoms with Crippen LogP contribution in [0, 0.1) is 5.41 Å². The Labute approximate surface area is 109 Å². The van der Waals surface area contributed by atoms with Crippen molar-refractivity contribution in [1.29, 1.82) is 0 Å². The lowest BCUT2D eigenvalue weighted by Gasteiger charge is -2.36. The van der Waals surface area contributed by atoms with Crippen LogP contribution in [0.3, 0.4) is 0 Å². The van der Waals surface area contributed by atoms with Crippen molar-refractivity contribution in [2.45, 2.75) is 51.6 Å². The number of likely N-dealkylation sites (tertiary alicyclic amines) is 1. The second-order valence-electron chi connectivity index (χ2n) is 5.98. The molecule has 104 valence electrons. The molecule has 2 heterocycles. The molecule has 1 atom stereocenters. The SMILES string of the molecule is CC1(C(=O)O)CCN(CCCC2CCCO2)CC1. The molecule has 0 aromatic carbocycles. The first-order valence-electron chi connectivity index (χ1n) is 7.17. The second kappa shape index (κ2) is 6.02. The zero-order valence-corrected chi connectivity index (χ0v) is 11.4. The number of aliphatic carboxylic acids is 1. The van der Waals surface area contributed by atoms with E-state index in [-0.39, 0.29) is 0 Å². The molecular weight excluding hydrogens is 230 g/mol. The van der Waals surface area contributed by atoms with Crippen LogP contribution in [0.1, 0.15) is 45.4 Å². The van der Waals surface area contributed by atoms with Gasteiger partial charge in [0.25, 0.3) is 0 Å². The van der Waals surface area contributed by atoms with Gasteiger partial charge < -0.3 is 14.7 Å². The van der Waals surface area contributed by atoms with Crippen molar-refractivity contribution in [2.24, 2.45) is 5.41 Å². The first-order chi connectivity index (χ1) is 8.60. The minimum atomic E-state index is -0.637. The van der Waals surface area contributed by atoms with Gasteiger partial charge in [-0.1, -0.05) is 0 Å². The van der Waals surface area contributed by atoms with Gasteiger partial charge in [-0.25, -0.2) is 0 Å². The van der Waals surface area contributed by atoms with Crippen LogP contribution in [-0.4, -0.2) is 48.3 Å². The number of piperidine rings is 1. The fourth-order valence-electron chi connectivity index (χ4n) is 2.90. The van der Waals surface area contributed by atoms with E-state index in [4.69, 9.17) is 9.84 Å². The highest BCUT2D eigenvalue weighted by Crippen LogP contribution is 2.31. The largest absolute Gasteiger partial charge is 0.481 e. The molecule has 0 aromatic heterocycles. The van der Waals surface area contributed by atoms with Crippen LogP contribution in [0.25, 0.3) is 0 Å². The van der Waals surface area contributed by atoms with Gasteiger partial charge in [0.15, 0.2) is 0 Å². The van der Waals surface area contributed by atoms with Crippen LogP contribution in [0.5, 0.6) is 0 Å². The molecule has 0 spiro atoms. The number of hydrogen-bond acceptors (Lipinski definition) is 3. The number of carboxylic acids is 1. The number of ether oxygens (including phenoxy) is 1. The van der Waals surface area contributed by atoms with Crippen molar-refractivity contribution in [1.82, 2.24) is 4.90 Å². The van der Waals surface area contributed by atoms with Gasteiger partial charge in [-0.2, -0.15) is 0 Å². The number of nitrogens with zero attached hydrogens (tertiary/aromatic N) is 1. The smallest absolute Gasteiger partial charge is 0.309 e. The van der Waals surface area contributed by atoms with Crippen LogP contribution < -0.4 is 0 Å². The Morgan fingerprint density at radius 1 is 1.44 bits per heavy atom. The van der Waals surface area contributed by atoms with Crippen molar-refractivity contribution in [3.8, 4) is 0 Å². The van der Waals surface area contributed by atoms with Gasteiger partial charge in [-0.05, 0) is 65.1 Å². The Hall–Kier alpha value is -0.610. The summed E-state index contributed by atoms with van der Waals surface area (Å²) in [6.45, 7) is 5.75. The van der Waals surface area contributed by atoms with Gasteiger partial charge in [0.2, 0.25) is 0 Å². The molecule has 0 aromatic rings. The third-order valence-corrected chi connectivity index (χ3v) is 4.50. The van der Waals surface area contributed by atoms with Gasteiger partial charge in [0, 0.05) is 6.61 Å². The molecule has 0 bridgehead atoms. The number of carboxylic acid groups (broad SMARTS) is 1. The predicted molar refractivity (Wildman–Crippen MR) is 69.6 cm³/mol. The first kappa shape index (κ1) is 13.8. The zero-order valence-electron chi connectivity index (χ0n) is 11.4. The standard InChI is InChI=1S/C14H25NO3/c1-14(13(16)17)6-9-15(10-7-14)8-2-4-12-5-3-11-18-12/h12H,2-11H2,1H3,(H,16,17). The fraction of sp³-hybridized carbons (Fsp3) is 0.929. The quantitative estimate of drug-likeness (QED) is 0.817. The minimum Gasteiger partial charge on any atom is -0.481 e. The number of rotatable bonds is 5. The molecule has 2 aliphatic heterocycles. The van der Waals surface area contributed by atoms with Crippen molar-refractivity contribution in [2.75, 3.05) is 26.2 Å². The summed E-state index contributed by atoms with van der Waals surface area (Å²) in [4.78, 5) is 13.5. The molecule has 2 aliphatic rings. The Morgan fingerprint density at radius 2 is 2.17 bits per heavy atom. The van der Waals surface area contributed by atoms with Crippen LogP contribution in [-0.2, 0) is 9.53 Å². The monoisotopic (exact) mass is 255 g/mol. The predicted octanol–water partition coefficient (Wildman–Crippen LogP) is 2.13. The van der Waals surface area contributed by atoms with E-state index in [0.717, 1.165) is 45.5 Å². The van der Waals surface area contributed by atoms with Gasteiger partial charge >= 0.3 is 5.97 Å². The number of carbonyl (C=O) groups is 1. The summed E-state index contributed by atoms with van der Waals surface area (Å²) in [5, 5.41) is 9.17. The minimum absolute atomic E-state index is 0.485. The van der Waals surface area contributed by atoms with Crippen LogP contribution in [0.2, 0.25) is 0 Å². The van der Waals surface area contributed by atoms with E-state index >= 15 is 0 Å². The molecule has 2 fully saturated rings. The van der Waals surface area contributed by atoms with Gasteiger partial charge in [0.05, 0.1) is 11.5 Å². The maximum absolute atomic E-state index is 11.1. The molecule has 0 amide bonds. The topological polar surface area (TPSA) is 49.8 Å². The molecule has 1 unspecified atom stereocenters. The summed E-state index contributed by atoms with van der Waals surface area (Å²) < 4.78 is 5.61. The van der Waals surface area contributed by atoms with E-state index in [9.17, 15) is 4.79 Å². The van der Waals surface area contributed by atoms with Crippen LogP contribution >= 0.6 is 0 Å². The molecule has 2 saturated heterocycles. The van der Waals surface area contributed by atoms with Gasteiger partial charge in [-0.15, -0.1) is 0 Å². The number of hydrogen-bond donors (Lipinski definition) is 1. The maximum Gasteiger partial charge on any atom is 0.309 e. The zero-order chi connectivity index (χ0) is 13.0. The Bertz CT molecular complexity index is 279. The van der Waals surface area contributed by atoms with Crippen molar-refractivity contribution >= 4 is 5.97 Å². The van der Waals surface area contributed by atoms with Crippen molar-refractivity contribution in [3.05, 3.63) is 0 Å². The summed E-state index contributed by atoms with van der Waals surface area (Å²) in [5.41, 5.74) is -0.495. The lowest BCUT2D eigenvalue weighted by Crippen LogP contribution is -2.43. The highest BCUT2D eigenvalue weighted by molar-refractivity contribution is 5.74. The van der Waals surface area contributed by atoms with Crippen LogP contribution in [0.15, 0.2) is 0 Å². The summed E-state index contributed by atoms with van der Waals surface area (Å²) in [6, 6.07) is 0. The molecule has 1 N–H and O–H groups in total.